The van der Waals surface area contributed by atoms with Crippen molar-refractivity contribution in [2.24, 2.45) is 5.73 Å². The maximum absolute atomic E-state index is 13.2. The van der Waals surface area contributed by atoms with Crippen LogP contribution in [0.15, 0.2) is 48.5 Å². The Balaban J connectivity index is 2.04. The summed E-state index contributed by atoms with van der Waals surface area (Å²) in [6, 6.07) is 10.3. The molecule has 0 saturated carbocycles. The molecule has 0 aliphatic heterocycles. The van der Waals surface area contributed by atoms with Crippen molar-refractivity contribution in [1.29, 1.82) is 0 Å². The van der Waals surface area contributed by atoms with Crippen LogP contribution < -0.4 is 11.1 Å². The van der Waals surface area contributed by atoms with E-state index in [0.717, 1.165) is 0 Å². The first-order valence-corrected chi connectivity index (χ1v) is 7.41. The highest BCUT2D eigenvalue weighted by Gasteiger charge is 2.19. The lowest BCUT2D eigenvalue weighted by atomic mass is 10.0. The Labute approximate surface area is 142 Å². The largest absolute Gasteiger partial charge is 0.368 e. The van der Waals surface area contributed by atoms with Crippen molar-refractivity contribution in [2.45, 2.75) is 18.9 Å². The predicted octanol–water partition coefficient (Wildman–Crippen LogP) is 1.49. The molecule has 130 valence electrons. The second-order valence-corrected chi connectivity index (χ2v) is 5.46. The van der Waals surface area contributed by atoms with Crippen LogP contribution >= 0.6 is 0 Å². The number of nitrogens with one attached hydrogen (secondary N) is 1. The van der Waals surface area contributed by atoms with E-state index in [1.165, 1.54) is 36.4 Å². The van der Waals surface area contributed by atoms with Gasteiger partial charge in [0.2, 0.25) is 11.8 Å². The molecule has 2 aromatic carbocycles. The molecule has 0 spiro atoms. The molecule has 0 heterocycles. The van der Waals surface area contributed by atoms with Crippen LogP contribution in [0.5, 0.6) is 0 Å². The SMILES string of the molecule is NC(=O)[C@H](Cc1cccc(F)c1)NC(=O)Cc1cccc([N+](=O)[O-])c1. The molecule has 7 nitrogen and oxygen atoms in total. The fourth-order valence-electron chi connectivity index (χ4n) is 2.33. The monoisotopic (exact) mass is 345 g/mol. The van der Waals surface area contributed by atoms with Gasteiger partial charge >= 0.3 is 0 Å². The second kappa shape index (κ2) is 8.00. The number of carbonyl (C=O) groups excluding carboxylic acids is 2. The Morgan fingerprint density at radius 3 is 2.48 bits per heavy atom. The lowest BCUT2D eigenvalue weighted by Gasteiger charge is -2.15. The molecular formula is C17H16FN3O4. The minimum atomic E-state index is -1.01. The van der Waals surface area contributed by atoms with E-state index in [1.54, 1.807) is 12.1 Å². The number of nitro groups is 1. The fraction of sp³-hybridized carbons (Fsp3) is 0.176. The first-order valence-electron chi connectivity index (χ1n) is 7.41. The standard InChI is InChI=1S/C17H16FN3O4/c18-13-5-1-3-11(7-13)9-15(17(19)23)20-16(22)10-12-4-2-6-14(8-12)21(24)25/h1-8,15H,9-10H2,(H2,19,23)(H,20,22)/t15-/m0/s1. The molecule has 1 atom stereocenters. The van der Waals surface area contributed by atoms with E-state index < -0.39 is 28.6 Å². The van der Waals surface area contributed by atoms with Crippen molar-refractivity contribution < 1.29 is 18.9 Å². The summed E-state index contributed by atoms with van der Waals surface area (Å²) in [5, 5.41) is 13.2. The Morgan fingerprint density at radius 1 is 1.16 bits per heavy atom. The highest BCUT2D eigenvalue weighted by molar-refractivity contribution is 5.87. The summed E-state index contributed by atoms with van der Waals surface area (Å²) in [7, 11) is 0. The van der Waals surface area contributed by atoms with E-state index in [1.807, 2.05) is 0 Å². The van der Waals surface area contributed by atoms with Gasteiger partial charge in [-0.05, 0) is 23.3 Å². The number of hydrogen-bond acceptors (Lipinski definition) is 4. The Morgan fingerprint density at radius 2 is 1.84 bits per heavy atom. The van der Waals surface area contributed by atoms with Crippen molar-refractivity contribution in [3.05, 3.63) is 75.6 Å². The van der Waals surface area contributed by atoms with Crippen LogP contribution in [-0.4, -0.2) is 22.8 Å². The number of halogens is 1. The zero-order valence-corrected chi connectivity index (χ0v) is 13.1. The van der Waals surface area contributed by atoms with Crippen molar-refractivity contribution in [1.82, 2.24) is 5.32 Å². The van der Waals surface area contributed by atoms with Crippen molar-refractivity contribution in [3.8, 4) is 0 Å². The van der Waals surface area contributed by atoms with Gasteiger partial charge in [0.25, 0.3) is 5.69 Å². The fourth-order valence-corrected chi connectivity index (χ4v) is 2.33. The highest BCUT2D eigenvalue weighted by Crippen LogP contribution is 2.13. The average Bonchev–Trinajstić information content (AvgIpc) is 2.54. The summed E-state index contributed by atoms with van der Waals surface area (Å²) in [5.41, 5.74) is 6.11. The third-order valence-electron chi connectivity index (χ3n) is 3.49. The molecule has 2 aromatic rings. The molecule has 3 N–H and O–H groups in total. The third kappa shape index (κ3) is 5.38. The van der Waals surface area contributed by atoms with Crippen LogP contribution in [0, 0.1) is 15.9 Å². The van der Waals surface area contributed by atoms with Crippen LogP contribution in [0.25, 0.3) is 0 Å². The van der Waals surface area contributed by atoms with E-state index in [2.05, 4.69) is 5.32 Å². The maximum atomic E-state index is 13.2. The zero-order chi connectivity index (χ0) is 18.4. The second-order valence-electron chi connectivity index (χ2n) is 5.46. The van der Waals surface area contributed by atoms with Gasteiger partial charge in [-0.25, -0.2) is 4.39 Å². The minimum absolute atomic E-state index is 0.0494. The summed E-state index contributed by atoms with van der Waals surface area (Å²) in [6.07, 6.45) is -0.0949. The first kappa shape index (κ1) is 18.1. The Bertz CT molecular complexity index is 810. The molecule has 0 saturated heterocycles. The van der Waals surface area contributed by atoms with Crippen LogP contribution in [0.4, 0.5) is 10.1 Å². The number of non-ortho nitro benzene ring substituents is 1. The highest BCUT2D eigenvalue weighted by atomic mass is 19.1. The minimum Gasteiger partial charge on any atom is -0.368 e. The molecule has 2 rings (SSSR count). The normalized spacial score (nSPS) is 11.6. The molecule has 0 radical (unpaired) electrons. The molecule has 0 aliphatic carbocycles. The third-order valence-corrected chi connectivity index (χ3v) is 3.49. The van der Waals surface area contributed by atoms with Gasteiger partial charge in [-0.15, -0.1) is 0 Å². The van der Waals surface area contributed by atoms with Crippen LogP contribution in [0.3, 0.4) is 0 Å². The van der Waals surface area contributed by atoms with Gasteiger partial charge in [0.1, 0.15) is 11.9 Å². The summed E-state index contributed by atoms with van der Waals surface area (Å²) >= 11 is 0. The van der Waals surface area contributed by atoms with E-state index in [-0.39, 0.29) is 18.5 Å². The number of primary amides is 1. The summed E-state index contributed by atoms with van der Waals surface area (Å²) < 4.78 is 13.2. The molecule has 0 fully saturated rings. The summed E-state index contributed by atoms with van der Waals surface area (Å²) in [5.74, 6) is -1.72. The number of amides is 2. The number of carbonyl (C=O) groups is 2. The first-order chi connectivity index (χ1) is 11.8. The zero-order valence-electron chi connectivity index (χ0n) is 13.1. The van der Waals surface area contributed by atoms with Gasteiger partial charge in [-0.1, -0.05) is 24.3 Å². The van der Waals surface area contributed by atoms with Crippen LogP contribution in [-0.2, 0) is 22.4 Å². The molecule has 0 unspecified atom stereocenters. The molecule has 8 heteroatoms. The Kier molecular flexibility index (Phi) is 5.78. The smallest absolute Gasteiger partial charge is 0.269 e. The van der Waals surface area contributed by atoms with Gasteiger partial charge in [0.05, 0.1) is 11.3 Å². The summed E-state index contributed by atoms with van der Waals surface area (Å²) in [6.45, 7) is 0. The lowest BCUT2D eigenvalue weighted by molar-refractivity contribution is -0.384. The van der Waals surface area contributed by atoms with E-state index in [4.69, 9.17) is 5.73 Å². The van der Waals surface area contributed by atoms with Crippen LogP contribution in [0.2, 0.25) is 0 Å². The molecule has 0 aromatic heterocycles. The van der Waals surface area contributed by atoms with Gasteiger partial charge in [-0.2, -0.15) is 0 Å². The number of hydrogen-bond donors (Lipinski definition) is 2. The van der Waals surface area contributed by atoms with Gasteiger partial charge in [0.15, 0.2) is 0 Å². The quantitative estimate of drug-likeness (QED) is 0.584. The topological polar surface area (TPSA) is 115 Å². The van der Waals surface area contributed by atoms with Crippen molar-refractivity contribution >= 4 is 17.5 Å². The number of benzene rings is 2. The number of nitro benzene ring substituents is 1. The molecule has 25 heavy (non-hydrogen) atoms. The number of nitrogens with two attached hydrogens (primary N) is 1. The predicted molar refractivity (Wildman–Crippen MR) is 88.0 cm³/mol. The summed E-state index contributed by atoms with van der Waals surface area (Å²) in [4.78, 5) is 33.8. The van der Waals surface area contributed by atoms with E-state index in [0.29, 0.717) is 11.1 Å². The van der Waals surface area contributed by atoms with Crippen molar-refractivity contribution in [3.63, 3.8) is 0 Å². The Hall–Kier alpha value is -3.29. The molecular weight excluding hydrogens is 329 g/mol. The average molecular weight is 345 g/mol. The van der Waals surface area contributed by atoms with E-state index in [9.17, 15) is 24.1 Å². The van der Waals surface area contributed by atoms with Crippen LogP contribution in [0.1, 0.15) is 11.1 Å². The van der Waals surface area contributed by atoms with Gasteiger partial charge in [-0.3, -0.25) is 19.7 Å². The van der Waals surface area contributed by atoms with Gasteiger partial charge in [0, 0.05) is 18.6 Å². The lowest BCUT2D eigenvalue weighted by Crippen LogP contribution is -2.46. The van der Waals surface area contributed by atoms with Crippen molar-refractivity contribution in [2.75, 3.05) is 0 Å². The van der Waals surface area contributed by atoms with Gasteiger partial charge < -0.3 is 11.1 Å². The number of nitrogens with zero attached hydrogens (tertiary/aromatic N) is 1. The number of rotatable bonds is 7. The molecule has 2 amide bonds. The molecule has 0 aliphatic rings. The van der Waals surface area contributed by atoms with E-state index >= 15 is 0 Å². The molecule has 0 bridgehead atoms. The maximum Gasteiger partial charge on any atom is 0.269 e.